The van der Waals surface area contributed by atoms with E-state index in [1.807, 2.05) is 38.3 Å². The first kappa shape index (κ1) is 22.7. The van der Waals surface area contributed by atoms with Crippen LogP contribution >= 0.6 is 11.3 Å². The Labute approximate surface area is 197 Å². The Kier molecular flexibility index (Phi) is 6.31. The maximum Gasteiger partial charge on any atom is 0.261 e. The van der Waals surface area contributed by atoms with E-state index in [1.54, 1.807) is 42.5 Å². The summed E-state index contributed by atoms with van der Waals surface area (Å²) in [6.45, 7) is 5.94. The van der Waals surface area contributed by atoms with Crippen LogP contribution in [-0.4, -0.2) is 19.3 Å². The molecular formula is C25H23N3O3S2. The van der Waals surface area contributed by atoms with Crippen molar-refractivity contribution in [2.45, 2.75) is 25.7 Å². The van der Waals surface area contributed by atoms with Crippen LogP contribution in [0.25, 0.3) is 11.3 Å². The lowest BCUT2D eigenvalue weighted by Crippen LogP contribution is -2.15. The van der Waals surface area contributed by atoms with Gasteiger partial charge < -0.3 is 0 Å². The number of nitrogens with zero attached hydrogens (tertiary/aromatic N) is 1. The highest BCUT2D eigenvalue weighted by atomic mass is 32.2. The third-order valence-electron chi connectivity index (χ3n) is 5.10. The molecule has 1 amide bonds. The van der Waals surface area contributed by atoms with Crippen LogP contribution in [0.5, 0.6) is 0 Å². The van der Waals surface area contributed by atoms with Gasteiger partial charge in [0.15, 0.2) is 5.13 Å². The number of nitrogens with one attached hydrogen (secondary N) is 2. The highest BCUT2D eigenvalue weighted by molar-refractivity contribution is 7.92. The molecule has 4 rings (SSSR count). The van der Waals surface area contributed by atoms with Crippen LogP contribution in [0, 0.1) is 20.8 Å². The van der Waals surface area contributed by atoms with Crippen LogP contribution in [0.2, 0.25) is 0 Å². The minimum absolute atomic E-state index is 0.157. The number of anilines is 2. The van der Waals surface area contributed by atoms with Gasteiger partial charge in [0.05, 0.1) is 10.6 Å². The Bertz CT molecular complexity index is 1430. The number of benzene rings is 3. The highest BCUT2D eigenvalue weighted by Gasteiger charge is 2.16. The number of hydrogen-bond acceptors (Lipinski definition) is 5. The molecule has 0 saturated heterocycles. The fraction of sp³-hybridized carbons (Fsp3) is 0.120. The van der Waals surface area contributed by atoms with E-state index in [2.05, 4.69) is 21.1 Å². The molecule has 3 aromatic carbocycles. The fourth-order valence-corrected chi connectivity index (χ4v) is 5.05. The minimum atomic E-state index is -3.76. The Hall–Kier alpha value is -3.49. The molecule has 168 valence electrons. The normalized spacial score (nSPS) is 11.2. The average Bonchev–Trinajstić information content (AvgIpc) is 3.24. The van der Waals surface area contributed by atoms with Crippen molar-refractivity contribution in [2.75, 3.05) is 10.0 Å². The van der Waals surface area contributed by atoms with E-state index >= 15 is 0 Å². The molecule has 0 saturated carbocycles. The summed E-state index contributed by atoms with van der Waals surface area (Å²) in [6, 6.07) is 19.1. The van der Waals surface area contributed by atoms with Crippen molar-refractivity contribution in [3.05, 3.63) is 94.4 Å². The second-order valence-corrected chi connectivity index (χ2v) is 10.4. The molecular weight excluding hydrogens is 454 g/mol. The zero-order chi connectivity index (χ0) is 23.6. The van der Waals surface area contributed by atoms with E-state index in [4.69, 9.17) is 0 Å². The Morgan fingerprint density at radius 1 is 0.909 bits per heavy atom. The lowest BCUT2D eigenvalue weighted by atomic mass is 10.0. The van der Waals surface area contributed by atoms with Gasteiger partial charge in [-0.15, -0.1) is 11.3 Å². The second-order valence-electron chi connectivity index (χ2n) is 7.81. The van der Waals surface area contributed by atoms with Gasteiger partial charge in [-0.25, -0.2) is 13.4 Å². The molecule has 0 unspecified atom stereocenters. The highest BCUT2D eigenvalue weighted by Crippen LogP contribution is 2.28. The van der Waals surface area contributed by atoms with Gasteiger partial charge in [0.1, 0.15) is 0 Å². The third kappa shape index (κ3) is 5.30. The van der Waals surface area contributed by atoms with Crippen LogP contribution in [0.15, 0.2) is 77.0 Å². The fourth-order valence-electron chi connectivity index (χ4n) is 3.29. The van der Waals surface area contributed by atoms with Crippen LogP contribution in [0.4, 0.5) is 10.8 Å². The summed E-state index contributed by atoms with van der Waals surface area (Å²) in [4.78, 5) is 17.5. The topological polar surface area (TPSA) is 88.2 Å². The minimum Gasteiger partial charge on any atom is -0.298 e. The van der Waals surface area contributed by atoms with Crippen LogP contribution in [-0.2, 0) is 10.0 Å². The maximum atomic E-state index is 12.8. The van der Waals surface area contributed by atoms with E-state index in [1.165, 1.54) is 17.4 Å². The summed E-state index contributed by atoms with van der Waals surface area (Å²) >= 11 is 1.34. The number of carbonyl (C=O) groups is 1. The molecule has 33 heavy (non-hydrogen) atoms. The predicted octanol–water partition coefficient (Wildman–Crippen LogP) is 5.79. The summed E-state index contributed by atoms with van der Waals surface area (Å²) < 4.78 is 27.8. The molecule has 0 radical (unpaired) electrons. The van der Waals surface area contributed by atoms with Crippen LogP contribution in [0.1, 0.15) is 27.0 Å². The van der Waals surface area contributed by atoms with Gasteiger partial charge in [0.2, 0.25) is 0 Å². The van der Waals surface area contributed by atoms with E-state index in [9.17, 15) is 13.2 Å². The van der Waals surface area contributed by atoms with E-state index < -0.39 is 10.0 Å². The SMILES string of the molecule is Cc1ccc(S(=O)(=O)Nc2cccc(C(=O)Nc3nc(-c4cc(C)ccc4C)cs3)c2)cc1. The number of amides is 1. The van der Waals surface area contributed by atoms with E-state index in [0.29, 0.717) is 16.4 Å². The number of sulfonamides is 1. The van der Waals surface area contributed by atoms with E-state index in [0.717, 1.165) is 27.9 Å². The average molecular weight is 478 g/mol. The summed E-state index contributed by atoms with van der Waals surface area (Å²) in [7, 11) is -3.76. The van der Waals surface area contributed by atoms with Gasteiger partial charge in [-0.1, -0.05) is 41.5 Å². The van der Waals surface area contributed by atoms with Gasteiger partial charge in [-0.05, 0) is 62.7 Å². The van der Waals surface area contributed by atoms with Crippen molar-refractivity contribution < 1.29 is 13.2 Å². The summed E-state index contributed by atoms with van der Waals surface area (Å²) in [6.07, 6.45) is 0. The first-order valence-corrected chi connectivity index (χ1v) is 12.6. The molecule has 8 heteroatoms. The number of carbonyl (C=O) groups excluding carboxylic acids is 1. The lowest BCUT2D eigenvalue weighted by molar-refractivity contribution is 0.102. The molecule has 0 aliphatic rings. The Balaban J connectivity index is 1.50. The largest absolute Gasteiger partial charge is 0.298 e. The lowest BCUT2D eigenvalue weighted by Gasteiger charge is -2.10. The molecule has 0 bridgehead atoms. The molecule has 6 nitrogen and oxygen atoms in total. The number of hydrogen-bond donors (Lipinski definition) is 2. The van der Waals surface area contributed by atoms with Crippen molar-refractivity contribution in [3.63, 3.8) is 0 Å². The van der Waals surface area contributed by atoms with Crippen molar-refractivity contribution in [1.29, 1.82) is 0 Å². The third-order valence-corrected chi connectivity index (χ3v) is 7.26. The molecule has 0 atom stereocenters. The Morgan fingerprint density at radius 3 is 2.39 bits per heavy atom. The summed E-state index contributed by atoms with van der Waals surface area (Å²) in [5.74, 6) is -0.367. The molecule has 1 heterocycles. The predicted molar refractivity (Wildman–Crippen MR) is 133 cm³/mol. The maximum absolute atomic E-state index is 12.8. The molecule has 0 aliphatic carbocycles. The van der Waals surface area contributed by atoms with Crippen molar-refractivity contribution >= 4 is 38.1 Å². The molecule has 2 N–H and O–H groups in total. The van der Waals surface area contributed by atoms with Crippen LogP contribution in [0.3, 0.4) is 0 Å². The first-order chi connectivity index (χ1) is 15.7. The zero-order valence-electron chi connectivity index (χ0n) is 18.4. The smallest absolute Gasteiger partial charge is 0.261 e. The van der Waals surface area contributed by atoms with Crippen molar-refractivity contribution in [2.24, 2.45) is 0 Å². The summed E-state index contributed by atoms with van der Waals surface area (Å²) in [5.41, 5.74) is 5.67. The number of thiazole rings is 1. The Morgan fingerprint density at radius 2 is 1.64 bits per heavy atom. The van der Waals surface area contributed by atoms with Crippen LogP contribution < -0.4 is 10.0 Å². The quantitative estimate of drug-likeness (QED) is 0.368. The molecule has 0 spiro atoms. The second kappa shape index (κ2) is 9.17. The number of rotatable bonds is 6. The zero-order valence-corrected chi connectivity index (χ0v) is 20.0. The van der Waals surface area contributed by atoms with E-state index in [-0.39, 0.29) is 10.8 Å². The molecule has 0 fully saturated rings. The van der Waals surface area contributed by atoms with Crippen molar-refractivity contribution in [1.82, 2.24) is 4.98 Å². The van der Waals surface area contributed by atoms with Gasteiger partial charge in [0.25, 0.3) is 15.9 Å². The first-order valence-electron chi connectivity index (χ1n) is 10.3. The molecule has 0 aliphatic heterocycles. The van der Waals surface area contributed by atoms with Gasteiger partial charge in [0, 0.05) is 22.2 Å². The standard InChI is InChI=1S/C25H23N3O3S2/c1-16-8-11-21(12-9-16)33(30,31)28-20-6-4-5-19(14-20)24(29)27-25-26-23(15-32-25)22-13-17(2)7-10-18(22)3/h4-15,28H,1-3H3,(H,26,27,29). The monoisotopic (exact) mass is 477 g/mol. The molecule has 4 aromatic rings. The number of aryl methyl sites for hydroxylation is 3. The van der Waals surface area contributed by atoms with Crippen molar-refractivity contribution in [3.8, 4) is 11.3 Å². The molecule has 1 aromatic heterocycles. The van der Waals surface area contributed by atoms with Gasteiger partial charge >= 0.3 is 0 Å². The number of aromatic nitrogens is 1. The summed E-state index contributed by atoms with van der Waals surface area (Å²) in [5, 5.41) is 5.18. The van der Waals surface area contributed by atoms with Gasteiger partial charge in [-0.2, -0.15) is 0 Å². The van der Waals surface area contributed by atoms with Gasteiger partial charge in [-0.3, -0.25) is 14.8 Å².